The summed E-state index contributed by atoms with van der Waals surface area (Å²) in [5.74, 6) is -2.06. The Kier molecular flexibility index (Phi) is 6.01. The molecule has 0 spiro atoms. The third-order valence-electron chi connectivity index (χ3n) is 8.96. The Hall–Kier alpha value is -6.29. The van der Waals surface area contributed by atoms with Crippen LogP contribution >= 0.6 is 0 Å². The van der Waals surface area contributed by atoms with Crippen LogP contribution in [0, 0.1) is 0 Å². The van der Waals surface area contributed by atoms with Crippen LogP contribution in [0.4, 0.5) is 0 Å². The van der Waals surface area contributed by atoms with Crippen molar-refractivity contribution in [3.63, 3.8) is 0 Å². The summed E-state index contributed by atoms with van der Waals surface area (Å²) in [6.45, 7) is 0. The molecule has 228 valence electrons. The molecule has 4 aromatic carbocycles. The van der Waals surface area contributed by atoms with Crippen molar-refractivity contribution in [1.82, 2.24) is 19.9 Å². The minimum Gasteiger partial charge on any atom is -0.508 e. The Balaban J connectivity index is 1.49. The number of fused-ring (bicyclic) bond motifs is 4. The van der Waals surface area contributed by atoms with Crippen LogP contribution in [-0.4, -0.2) is 51.4 Å². The Morgan fingerprint density at radius 1 is 0.565 bits per heavy atom. The molecule has 1 unspecified atom stereocenters. The second kappa shape index (κ2) is 10.1. The number of aromatic amines is 4. The maximum atomic E-state index is 12.6. The Morgan fingerprint density at radius 3 is 1.46 bits per heavy atom. The van der Waals surface area contributed by atoms with Crippen molar-refractivity contribution in [2.24, 2.45) is 0 Å². The maximum Gasteiger partial charge on any atom is 0.304 e. The SMILES string of the molecule is O=C(O)CC(c1c[nH]c2ccc(O)cc12)c1c(C(c2c[nH]c3ccc(O)cc23)c2c[nH]c3ccc(O)cc23)[nH]c2ccc(O)cc12. The average molecular weight is 613 g/mol. The highest BCUT2D eigenvalue weighted by atomic mass is 16.4. The Morgan fingerprint density at radius 2 is 0.978 bits per heavy atom. The molecule has 10 nitrogen and oxygen atoms in total. The minimum atomic E-state index is -1.02. The molecule has 1 atom stereocenters. The number of benzene rings is 4. The summed E-state index contributed by atoms with van der Waals surface area (Å²) in [7, 11) is 0. The lowest BCUT2D eigenvalue weighted by atomic mass is 9.80. The van der Waals surface area contributed by atoms with Gasteiger partial charge in [-0.15, -0.1) is 0 Å². The van der Waals surface area contributed by atoms with Gasteiger partial charge in [0.15, 0.2) is 0 Å². The minimum absolute atomic E-state index is 0.0236. The van der Waals surface area contributed by atoms with E-state index in [1.807, 2.05) is 12.4 Å². The number of carboxylic acid groups (broad SMARTS) is 1. The van der Waals surface area contributed by atoms with Crippen LogP contribution in [0.2, 0.25) is 0 Å². The van der Waals surface area contributed by atoms with Gasteiger partial charge in [0.1, 0.15) is 23.0 Å². The lowest BCUT2D eigenvalue weighted by Crippen LogP contribution is -2.13. The van der Waals surface area contributed by atoms with E-state index in [1.165, 1.54) is 0 Å². The number of nitrogens with one attached hydrogen (secondary N) is 4. The lowest BCUT2D eigenvalue weighted by Gasteiger charge is -2.23. The number of aromatic nitrogens is 4. The summed E-state index contributed by atoms with van der Waals surface area (Å²) in [5, 5.41) is 55.3. The quantitative estimate of drug-likeness (QED) is 0.0916. The molecule has 0 aliphatic carbocycles. The average Bonchev–Trinajstić information content (AvgIpc) is 3.81. The van der Waals surface area contributed by atoms with E-state index in [9.17, 15) is 30.3 Å². The van der Waals surface area contributed by atoms with Crippen molar-refractivity contribution in [2.45, 2.75) is 18.3 Å². The van der Waals surface area contributed by atoms with Gasteiger partial charge in [-0.1, -0.05) is 0 Å². The zero-order chi connectivity index (χ0) is 31.7. The Labute approximate surface area is 260 Å². The molecular weight excluding hydrogens is 584 g/mol. The van der Waals surface area contributed by atoms with Crippen LogP contribution in [0.3, 0.4) is 0 Å². The van der Waals surface area contributed by atoms with Crippen LogP contribution in [0.1, 0.15) is 46.2 Å². The summed E-state index contributed by atoms with van der Waals surface area (Å²) in [6, 6.07) is 20.1. The number of carboxylic acids is 1. The first-order valence-corrected chi connectivity index (χ1v) is 14.7. The molecule has 0 saturated heterocycles. The van der Waals surface area contributed by atoms with Gasteiger partial charge in [0, 0.05) is 73.8 Å². The van der Waals surface area contributed by atoms with Crippen molar-refractivity contribution < 1.29 is 30.3 Å². The molecule has 0 amide bonds. The van der Waals surface area contributed by atoms with Crippen molar-refractivity contribution >= 4 is 49.6 Å². The van der Waals surface area contributed by atoms with Crippen molar-refractivity contribution in [2.75, 3.05) is 0 Å². The summed E-state index contributed by atoms with van der Waals surface area (Å²) < 4.78 is 0. The number of aliphatic carboxylic acids is 1. The van der Waals surface area contributed by atoms with Crippen LogP contribution in [-0.2, 0) is 4.79 Å². The van der Waals surface area contributed by atoms with E-state index in [-0.39, 0.29) is 29.4 Å². The molecule has 10 heteroatoms. The van der Waals surface area contributed by atoms with Gasteiger partial charge in [-0.3, -0.25) is 4.79 Å². The number of hydrogen-bond acceptors (Lipinski definition) is 5. The molecule has 8 rings (SSSR count). The van der Waals surface area contributed by atoms with Gasteiger partial charge < -0.3 is 45.5 Å². The lowest BCUT2D eigenvalue weighted by molar-refractivity contribution is -0.137. The zero-order valence-electron chi connectivity index (χ0n) is 24.2. The van der Waals surface area contributed by atoms with Gasteiger partial charge >= 0.3 is 5.97 Å². The van der Waals surface area contributed by atoms with Gasteiger partial charge in [-0.2, -0.15) is 0 Å². The van der Waals surface area contributed by atoms with Crippen molar-refractivity contribution in [3.05, 3.63) is 119 Å². The van der Waals surface area contributed by atoms with Crippen LogP contribution < -0.4 is 0 Å². The van der Waals surface area contributed by atoms with Gasteiger partial charge in [0.2, 0.25) is 0 Å². The van der Waals surface area contributed by atoms with E-state index in [2.05, 4.69) is 19.9 Å². The first kappa shape index (κ1) is 27.3. The van der Waals surface area contributed by atoms with E-state index < -0.39 is 17.8 Å². The largest absolute Gasteiger partial charge is 0.508 e. The molecule has 4 aromatic heterocycles. The van der Waals surface area contributed by atoms with Crippen molar-refractivity contribution in [3.8, 4) is 23.0 Å². The topological polar surface area (TPSA) is 181 Å². The molecular formula is C36H28N4O6. The monoisotopic (exact) mass is 612 g/mol. The van der Waals surface area contributed by atoms with Gasteiger partial charge in [0.25, 0.3) is 0 Å². The molecule has 9 N–H and O–H groups in total. The number of phenols is 4. The predicted molar refractivity (Wildman–Crippen MR) is 175 cm³/mol. The molecule has 0 saturated carbocycles. The summed E-state index contributed by atoms with van der Waals surface area (Å²) in [5.41, 5.74) is 6.64. The van der Waals surface area contributed by atoms with E-state index in [0.29, 0.717) is 33.1 Å². The fraction of sp³-hybridized carbons (Fsp3) is 0.0833. The van der Waals surface area contributed by atoms with E-state index in [0.717, 1.165) is 38.4 Å². The first-order valence-electron chi connectivity index (χ1n) is 14.7. The molecule has 8 aromatic rings. The third-order valence-corrected chi connectivity index (χ3v) is 8.96. The molecule has 4 heterocycles. The summed E-state index contributed by atoms with van der Waals surface area (Å²) in [4.78, 5) is 26.0. The standard InChI is InChI=1S/C36H28N4O6/c41-17-1-5-29-21(9-17)26(14-37-29)24(13-33(45)46)34-25-12-20(44)4-8-32(25)40-36(34)35(27-15-38-30-6-2-18(42)10-22(27)30)28-16-39-31-7-3-19(43)11-23(28)31/h1-12,14-16,24,35,37-44H,13H2,(H,45,46). The first-order chi connectivity index (χ1) is 22.2. The number of rotatable bonds is 7. The Bertz CT molecular complexity index is 2380. The molecule has 0 aliphatic heterocycles. The highest BCUT2D eigenvalue weighted by Crippen LogP contribution is 2.48. The molecule has 0 fully saturated rings. The molecule has 0 radical (unpaired) electrons. The fourth-order valence-corrected chi connectivity index (χ4v) is 7.00. The van der Waals surface area contributed by atoms with Crippen LogP contribution in [0.15, 0.2) is 91.4 Å². The molecule has 0 aliphatic rings. The molecule has 46 heavy (non-hydrogen) atoms. The van der Waals surface area contributed by atoms with E-state index in [4.69, 9.17) is 0 Å². The zero-order valence-corrected chi connectivity index (χ0v) is 24.2. The highest BCUT2D eigenvalue weighted by molar-refractivity contribution is 5.95. The van der Waals surface area contributed by atoms with Gasteiger partial charge in [-0.05, 0) is 95.1 Å². The predicted octanol–water partition coefficient (Wildman–Crippen LogP) is 7.22. The van der Waals surface area contributed by atoms with Crippen LogP contribution in [0.5, 0.6) is 23.0 Å². The third kappa shape index (κ3) is 4.30. The summed E-state index contributed by atoms with van der Waals surface area (Å²) in [6.07, 6.45) is 5.23. The highest BCUT2D eigenvalue weighted by Gasteiger charge is 2.34. The van der Waals surface area contributed by atoms with Crippen LogP contribution in [0.25, 0.3) is 43.6 Å². The second-order valence-electron chi connectivity index (χ2n) is 11.7. The number of carbonyl (C=O) groups is 1. The van der Waals surface area contributed by atoms with E-state index in [1.54, 1.807) is 79.0 Å². The number of H-pyrrole nitrogens is 4. The molecule has 0 bridgehead atoms. The number of phenolic OH excluding ortho intramolecular Hbond substituents is 4. The van der Waals surface area contributed by atoms with E-state index >= 15 is 0 Å². The number of aromatic hydroxyl groups is 4. The summed E-state index contributed by atoms with van der Waals surface area (Å²) >= 11 is 0. The fourth-order valence-electron chi connectivity index (χ4n) is 7.00. The smallest absolute Gasteiger partial charge is 0.304 e. The van der Waals surface area contributed by atoms with Gasteiger partial charge in [0.05, 0.1) is 12.3 Å². The maximum absolute atomic E-state index is 12.6. The second-order valence-corrected chi connectivity index (χ2v) is 11.7. The normalized spacial score (nSPS) is 12.6. The van der Waals surface area contributed by atoms with Gasteiger partial charge in [-0.25, -0.2) is 0 Å². The van der Waals surface area contributed by atoms with Crippen molar-refractivity contribution in [1.29, 1.82) is 0 Å². The number of hydrogen-bond donors (Lipinski definition) is 9.